The Bertz CT molecular complexity index is 155. The Hall–Kier alpha value is 0.740. The molecule has 0 bridgehead atoms. The van der Waals surface area contributed by atoms with Gasteiger partial charge < -0.3 is 0 Å². The van der Waals surface area contributed by atoms with Gasteiger partial charge in [0.1, 0.15) is 0 Å². The molecular formula is C12H30O3P2. The van der Waals surface area contributed by atoms with E-state index in [2.05, 4.69) is 20.8 Å². The van der Waals surface area contributed by atoms with E-state index in [1.165, 1.54) is 0 Å². The summed E-state index contributed by atoms with van der Waals surface area (Å²) < 4.78 is 5.66. The van der Waals surface area contributed by atoms with Gasteiger partial charge in [0.15, 0.2) is 0 Å². The Labute approximate surface area is 108 Å². The van der Waals surface area contributed by atoms with Gasteiger partial charge in [-0.05, 0) is 0 Å². The van der Waals surface area contributed by atoms with Crippen molar-refractivity contribution in [3.05, 3.63) is 0 Å². The zero-order chi connectivity index (χ0) is 13.1. The second-order valence-electron chi connectivity index (χ2n) is 4.84. The molecule has 0 saturated heterocycles. The van der Waals surface area contributed by atoms with Crippen LogP contribution in [0.3, 0.4) is 0 Å². The van der Waals surface area contributed by atoms with Gasteiger partial charge in [0, 0.05) is 0 Å². The standard InChI is InChI=1S/C12H30O3P2/c1-4-7-10-17(11-8-5-2,12-9-6-3)15-16(13)14/h13-14,17H,4-12H2,1-3H3. The van der Waals surface area contributed by atoms with E-state index >= 15 is 0 Å². The van der Waals surface area contributed by atoms with Crippen LogP contribution in [0.15, 0.2) is 0 Å². The van der Waals surface area contributed by atoms with Gasteiger partial charge in [-0.3, -0.25) is 0 Å². The van der Waals surface area contributed by atoms with Gasteiger partial charge in [-0.25, -0.2) is 0 Å². The minimum atomic E-state index is -2.18. The summed E-state index contributed by atoms with van der Waals surface area (Å²) in [6, 6.07) is 0. The Morgan fingerprint density at radius 1 is 0.824 bits per heavy atom. The Kier molecular flexibility index (Phi) is 11.1. The average Bonchev–Trinajstić information content (AvgIpc) is 2.30. The zero-order valence-electron chi connectivity index (χ0n) is 11.6. The molecule has 0 spiro atoms. The van der Waals surface area contributed by atoms with E-state index in [9.17, 15) is 9.79 Å². The van der Waals surface area contributed by atoms with Crippen LogP contribution >= 0.6 is 16.1 Å². The summed E-state index contributed by atoms with van der Waals surface area (Å²) in [6.07, 6.45) is 10.2. The van der Waals surface area contributed by atoms with Gasteiger partial charge in [-0.2, -0.15) is 0 Å². The number of hydrogen-bond donors (Lipinski definition) is 2. The molecule has 0 heterocycles. The summed E-state index contributed by atoms with van der Waals surface area (Å²) in [6.45, 7) is 6.54. The predicted octanol–water partition coefficient (Wildman–Crippen LogP) is 4.28. The molecule has 0 unspecified atom stereocenters. The summed E-state index contributed by atoms with van der Waals surface area (Å²) in [7, 11) is -4.07. The fourth-order valence-electron chi connectivity index (χ4n) is 2.18. The van der Waals surface area contributed by atoms with Crippen LogP contribution in [0.5, 0.6) is 0 Å². The second-order valence-corrected chi connectivity index (χ2v) is 9.94. The summed E-state index contributed by atoms with van der Waals surface area (Å²) >= 11 is 0. The van der Waals surface area contributed by atoms with Crippen molar-refractivity contribution >= 4 is 16.1 Å². The maximum absolute atomic E-state index is 9.22. The van der Waals surface area contributed by atoms with Crippen LogP contribution in [0.2, 0.25) is 0 Å². The van der Waals surface area contributed by atoms with Crippen LogP contribution in [0.1, 0.15) is 59.3 Å². The summed E-state index contributed by atoms with van der Waals surface area (Å²) in [4.78, 5) is 18.4. The molecule has 5 heteroatoms. The Balaban J connectivity index is 4.51. The first kappa shape index (κ1) is 17.7. The third kappa shape index (κ3) is 8.46. The van der Waals surface area contributed by atoms with Crippen molar-refractivity contribution in [2.75, 3.05) is 18.5 Å². The van der Waals surface area contributed by atoms with Crippen LogP contribution in [0.4, 0.5) is 0 Å². The van der Waals surface area contributed by atoms with Crippen LogP contribution in [-0.2, 0) is 4.31 Å². The van der Waals surface area contributed by atoms with E-state index < -0.39 is 16.1 Å². The van der Waals surface area contributed by atoms with E-state index in [-0.39, 0.29) is 0 Å². The average molecular weight is 284 g/mol. The van der Waals surface area contributed by atoms with Gasteiger partial charge in [-0.1, -0.05) is 0 Å². The summed E-state index contributed by atoms with van der Waals surface area (Å²) in [5.74, 6) is 0. The third-order valence-electron chi connectivity index (χ3n) is 3.23. The topological polar surface area (TPSA) is 49.7 Å². The van der Waals surface area contributed by atoms with Crippen LogP contribution in [0.25, 0.3) is 0 Å². The quantitative estimate of drug-likeness (QED) is 0.557. The molecule has 0 aromatic heterocycles. The van der Waals surface area contributed by atoms with E-state index in [1.54, 1.807) is 0 Å². The normalized spacial score (nSPS) is 13.3. The molecule has 0 aliphatic heterocycles. The van der Waals surface area contributed by atoms with Gasteiger partial charge >= 0.3 is 108 Å². The number of hydrogen-bond acceptors (Lipinski definition) is 3. The number of unbranched alkanes of at least 4 members (excludes halogenated alkanes) is 3. The monoisotopic (exact) mass is 284 g/mol. The van der Waals surface area contributed by atoms with E-state index in [1.807, 2.05) is 0 Å². The maximum atomic E-state index is 9.22. The fraction of sp³-hybridized carbons (Fsp3) is 1.00. The molecule has 106 valence electrons. The van der Waals surface area contributed by atoms with Crippen molar-refractivity contribution in [3.63, 3.8) is 0 Å². The molecule has 0 radical (unpaired) electrons. The summed E-state index contributed by atoms with van der Waals surface area (Å²) in [5, 5.41) is 0. The van der Waals surface area contributed by atoms with Crippen molar-refractivity contribution in [1.82, 2.24) is 0 Å². The van der Waals surface area contributed by atoms with Gasteiger partial charge in [0.25, 0.3) is 0 Å². The van der Waals surface area contributed by atoms with Crippen LogP contribution in [0, 0.1) is 0 Å². The Morgan fingerprint density at radius 2 is 1.18 bits per heavy atom. The zero-order valence-corrected chi connectivity index (χ0v) is 13.5. The third-order valence-corrected chi connectivity index (χ3v) is 9.23. The van der Waals surface area contributed by atoms with Crippen molar-refractivity contribution in [2.24, 2.45) is 0 Å². The SMILES string of the molecule is CCCC[PH](CCCC)(CCCC)OP(O)O. The van der Waals surface area contributed by atoms with Crippen molar-refractivity contribution in [3.8, 4) is 0 Å². The van der Waals surface area contributed by atoms with Crippen molar-refractivity contribution < 1.29 is 14.1 Å². The molecule has 0 aliphatic rings. The van der Waals surface area contributed by atoms with Crippen molar-refractivity contribution in [1.29, 1.82) is 0 Å². The molecule has 0 aromatic carbocycles. The molecule has 2 N–H and O–H groups in total. The Morgan fingerprint density at radius 3 is 1.41 bits per heavy atom. The number of rotatable bonds is 11. The molecule has 0 saturated carbocycles. The predicted molar refractivity (Wildman–Crippen MR) is 80.1 cm³/mol. The van der Waals surface area contributed by atoms with E-state index in [0.717, 1.165) is 57.0 Å². The van der Waals surface area contributed by atoms with Crippen LogP contribution < -0.4 is 0 Å². The molecule has 3 nitrogen and oxygen atoms in total. The first-order valence-electron chi connectivity index (χ1n) is 6.97. The molecule has 0 atom stereocenters. The molecular weight excluding hydrogens is 254 g/mol. The fourth-order valence-corrected chi connectivity index (χ4v) is 8.41. The van der Waals surface area contributed by atoms with Gasteiger partial charge in [0.2, 0.25) is 0 Å². The molecule has 0 fully saturated rings. The summed E-state index contributed by atoms with van der Waals surface area (Å²) in [5.41, 5.74) is 0. The molecule has 0 aromatic rings. The van der Waals surface area contributed by atoms with Crippen molar-refractivity contribution in [2.45, 2.75) is 59.3 Å². The molecule has 0 aliphatic carbocycles. The van der Waals surface area contributed by atoms with Gasteiger partial charge in [-0.15, -0.1) is 0 Å². The van der Waals surface area contributed by atoms with E-state index in [4.69, 9.17) is 4.31 Å². The van der Waals surface area contributed by atoms with Gasteiger partial charge in [0.05, 0.1) is 0 Å². The molecule has 17 heavy (non-hydrogen) atoms. The molecule has 0 amide bonds. The minimum absolute atomic E-state index is 1.09. The second kappa shape index (κ2) is 10.6. The molecule has 0 rings (SSSR count). The first-order valence-corrected chi connectivity index (χ1v) is 10.7. The van der Waals surface area contributed by atoms with E-state index in [0.29, 0.717) is 0 Å². The van der Waals surface area contributed by atoms with Crippen LogP contribution in [-0.4, -0.2) is 28.3 Å². The first-order chi connectivity index (χ1) is 8.10.